The second-order valence-electron chi connectivity index (χ2n) is 5.10. The zero-order valence-electron chi connectivity index (χ0n) is 13.1. The number of unbranched alkanes of at least 4 members (excludes halogenated alkanes) is 2. The summed E-state index contributed by atoms with van der Waals surface area (Å²) in [5, 5.41) is 17.0. The Hall–Kier alpha value is -2.69. The van der Waals surface area contributed by atoms with Crippen LogP contribution in [0.5, 0.6) is 5.75 Å². The molecular formula is C18H20N2O3. The van der Waals surface area contributed by atoms with Crippen LogP contribution in [0.2, 0.25) is 0 Å². The fraction of sp³-hybridized carbons (Fsp3) is 0.278. The molecule has 0 spiro atoms. The van der Waals surface area contributed by atoms with Crippen molar-refractivity contribution in [2.24, 2.45) is 10.2 Å². The van der Waals surface area contributed by atoms with Gasteiger partial charge < -0.3 is 9.84 Å². The summed E-state index contributed by atoms with van der Waals surface area (Å²) in [4.78, 5) is 10.8. The third-order valence-corrected chi connectivity index (χ3v) is 3.25. The number of hydrogen-bond donors (Lipinski definition) is 1. The van der Waals surface area contributed by atoms with E-state index in [1.54, 1.807) is 12.1 Å². The number of carboxylic acids is 1. The van der Waals surface area contributed by atoms with E-state index in [1.165, 1.54) is 25.0 Å². The lowest BCUT2D eigenvalue weighted by Crippen LogP contribution is -1.96. The molecule has 2 aromatic carbocycles. The van der Waals surface area contributed by atoms with E-state index in [9.17, 15) is 4.79 Å². The van der Waals surface area contributed by atoms with Crippen LogP contribution in [0.1, 0.15) is 36.5 Å². The molecule has 1 N–H and O–H groups in total. The second-order valence-corrected chi connectivity index (χ2v) is 5.10. The Morgan fingerprint density at radius 3 is 2.04 bits per heavy atom. The van der Waals surface area contributed by atoms with Gasteiger partial charge in [0.25, 0.3) is 0 Å². The first kappa shape index (κ1) is 16.7. The van der Waals surface area contributed by atoms with Crippen LogP contribution in [0.3, 0.4) is 0 Å². The largest absolute Gasteiger partial charge is 0.494 e. The SMILES string of the molecule is CCCCCOc1ccc(N=Nc2ccc(C(=O)O)cc2)cc1. The van der Waals surface area contributed by atoms with Crippen molar-refractivity contribution in [2.45, 2.75) is 26.2 Å². The minimum absolute atomic E-state index is 0.230. The average Bonchev–Trinajstić information content (AvgIpc) is 2.58. The molecule has 2 rings (SSSR count). The molecule has 5 heteroatoms. The average molecular weight is 312 g/mol. The van der Waals surface area contributed by atoms with Gasteiger partial charge in [-0.15, -0.1) is 0 Å². The normalized spacial score (nSPS) is 10.8. The van der Waals surface area contributed by atoms with Crippen LogP contribution in [0.4, 0.5) is 11.4 Å². The van der Waals surface area contributed by atoms with Crippen LogP contribution in [0.25, 0.3) is 0 Å². The summed E-state index contributed by atoms with van der Waals surface area (Å²) in [6, 6.07) is 13.7. The number of aromatic carboxylic acids is 1. The molecular weight excluding hydrogens is 292 g/mol. The van der Waals surface area contributed by atoms with Crippen LogP contribution in [-0.4, -0.2) is 17.7 Å². The Kier molecular flexibility index (Phi) is 6.29. The van der Waals surface area contributed by atoms with E-state index in [1.807, 2.05) is 24.3 Å². The van der Waals surface area contributed by atoms with Crippen LogP contribution in [0, 0.1) is 0 Å². The van der Waals surface area contributed by atoms with E-state index in [4.69, 9.17) is 9.84 Å². The highest BCUT2D eigenvalue weighted by Gasteiger charge is 2.01. The van der Waals surface area contributed by atoms with Gasteiger partial charge in [0.2, 0.25) is 0 Å². The minimum atomic E-state index is -0.956. The molecule has 0 atom stereocenters. The fourth-order valence-corrected chi connectivity index (χ4v) is 1.94. The van der Waals surface area contributed by atoms with Gasteiger partial charge in [-0.05, 0) is 55.0 Å². The summed E-state index contributed by atoms with van der Waals surface area (Å²) in [5.74, 6) is -0.131. The second kappa shape index (κ2) is 8.68. The maximum atomic E-state index is 10.8. The number of carbonyl (C=O) groups is 1. The molecule has 2 aromatic rings. The predicted molar refractivity (Wildman–Crippen MR) is 89.0 cm³/mol. The predicted octanol–water partition coefficient (Wildman–Crippen LogP) is 5.37. The summed E-state index contributed by atoms with van der Waals surface area (Å²) < 4.78 is 5.63. The van der Waals surface area contributed by atoms with Gasteiger partial charge in [0.15, 0.2) is 0 Å². The first-order valence-corrected chi connectivity index (χ1v) is 7.67. The van der Waals surface area contributed by atoms with E-state index in [-0.39, 0.29) is 5.56 Å². The molecule has 0 aliphatic carbocycles. The summed E-state index contributed by atoms with van der Waals surface area (Å²) in [6.45, 7) is 2.89. The number of azo groups is 1. The van der Waals surface area contributed by atoms with Crippen molar-refractivity contribution in [1.82, 2.24) is 0 Å². The summed E-state index contributed by atoms with van der Waals surface area (Å²) >= 11 is 0. The zero-order chi connectivity index (χ0) is 16.5. The lowest BCUT2D eigenvalue weighted by atomic mass is 10.2. The van der Waals surface area contributed by atoms with Crippen molar-refractivity contribution in [3.63, 3.8) is 0 Å². The van der Waals surface area contributed by atoms with Gasteiger partial charge in [-0.3, -0.25) is 0 Å². The topological polar surface area (TPSA) is 71.2 Å². The van der Waals surface area contributed by atoms with Gasteiger partial charge in [0.05, 0.1) is 23.5 Å². The van der Waals surface area contributed by atoms with Gasteiger partial charge in [0.1, 0.15) is 5.75 Å². The maximum Gasteiger partial charge on any atom is 0.335 e. The molecule has 0 heterocycles. The Labute approximate surface area is 135 Å². The van der Waals surface area contributed by atoms with E-state index in [0.29, 0.717) is 11.4 Å². The molecule has 0 bridgehead atoms. The third-order valence-electron chi connectivity index (χ3n) is 3.25. The first-order valence-electron chi connectivity index (χ1n) is 7.67. The molecule has 0 saturated heterocycles. The highest BCUT2D eigenvalue weighted by molar-refractivity contribution is 5.87. The minimum Gasteiger partial charge on any atom is -0.494 e. The zero-order valence-corrected chi connectivity index (χ0v) is 13.1. The standard InChI is InChI=1S/C18H20N2O3/c1-2-3-4-13-23-17-11-9-16(10-12-17)20-19-15-7-5-14(6-8-15)18(21)22/h5-12H,2-4,13H2,1H3,(H,21,22). The molecule has 0 unspecified atom stereocenters. The molecule has 23 heavy (non-hydrogen) atoms. The smallest absolute Gasteiger partial charge is 0.335 e. The number of ether oxygens (including phenoxy) is 1. The first-order chi connectivity index (χ1) is 11.2. The van der Waals surface area contributed by atoms with Crippen molar-refractivity contribution in [2.75, 3.05) is 6.61 Å². The molecule has 5 nitrogen and oxygen atoms in total. The molecule has 0 amide bonds. The van der Waals surface area contributed by atoms with Gasteiger partial charge in [-0.2, -0.15) is 10.2 Å². The number of nitrogens with zero attached hydrogens (tertiary/aromatic N) is 2. The summed E-state index contributed by atoms with van der Waals surface area (Å²) in [5.41, 5.74) is 1.55. The van der Waals surface area contributed by atoms with Crippen LogP contribution >= 0.6 is 0 Å². The Morgan fingerprint density at radius 2 is 1.52 bits per heavy atom. The molecule has 0 aromatic heterocycles. The van der Waals surface area contributed by atoms with Crippen molar-refractivity contribution < 1.29 is 14.6 Å². The van der Waals surface area contributed by atoms with E-state index in [2.05, 4.69) is 17.2 Å². The molecule has 0 aliphatic rings. The van der Waals surface area contributed by atoms with Crippen LogP contribution in [0.15, 0.2) is 58.8 Å². The van der Waals surface area contributed by atoms with Gasteiger partial charge in [0, 0.05) is 0 Å². The molecule has 0 radical (unpaired) electrons. The quantitative estimate of drug-likeness (QED) is 0.526. The van der Waals surface area contributed by atoms with Crippen molar-refractivity contribution in [3.8, 4) is 5.75 Å². The third kappa shape index (κ3) is 5.54. The number of hydrogen-bond acceptors (Lipinski definition) is 4. The van der Waals surface area contributed by atoms with Gasteiger partial charge in [-0.1, -0.05) is 19.8 Å². The number of rotatable bonds is 8. The number of benzene rings is 2. The fourth-order valence-electron chi connectivity index (χ4n) is 1.94. The number of carboxylic acid groups (broad SMARTS) is 1. The highest BCUT2D eigenvalue weighted by atomic mass is 16.5. The Bertz CT molecular complexity index is 649. The van der Waals surface area contributed by atoms with Crippen LogP contribution in [-0.2, 0) is 0 Å². The Balaban J connectivity index is 1.90. The molecule has 0 aliphatic heterocycles. The lowest BCUT2D eigenvalue weighted by molar-refractivity contribution is 0.0697. The van der Waals surface area contributed by atoms with Crippen molar-refractivity contribution in [3.05, 3.63) is 54.1 Å². The van der Waals surface area contributed by atoms with Gasteiger partial charge >= 0.3 is 5.97 Å². The highest BCUT2D eigenvalue weighted by Crippen LogP contribution is 2.21. The molecule has 0 fully saturated rings. The maximum absolute atomic E-state index is 10.8. The molecule has 120 valence electrons. The van der Waals surface area contributed by atoms with E-state index >= 15 is 0 Å². The monoisotopic (exact) mass is 312 g/mol. The summed E-state index contributed by atoms with van der Waals surface area (Å²) in [6.07, 6.45) is 3.41. The lowest BCUT2D eigenvalue weighted by Gasteiger charge is -2.05. The van der Waals surface area contributed by atoms with E-state index < -0.39 is 5.97 Å². The Morgan fingerprint density at radius 1 is 0.957 bits per heavy atom. The summed E-state index contributed by atoms with van der Waals surface area (Å²) in [7, 11) is 0. The van der Waals surface area contributed by atoms with Crippen molar-refractivity contribution >= 4 is 17.3 Å². The van der Waals surface area contributed by atoms with Gasteiger partial charge in [-0.25, -0.2) is 4.79 Å². The van der Waals surface area contributed by atoms with Crippen LogP contribution < -0.4 is 4.74 Å². The molecule has 0 saturated carbocycles. The van der Waals surface area contributed by atoms with E-state index in [0.717, 1.165) is 18.8 Å². The van der Waals surface area contributed by atoms with Crippen molar-refractivity contribution in [1.29, 1.82) is 0 Å².